The molecule has 1 aliphatic heterocycles. The molecule has 6 heteroatoms. The van der Waals surface area contributed by atoms with E-state index in [9.17, 15) is 9.90 Å². The zero-order valence-electron chi connectivity index (χ0n) is 13.4. The van der Waals surface area contributed by atoms with Crippen LogP contribution >= 0.6 is 0 Å². The summed E-state index contributed by atoms with van der Waals surface area (Å²) >= 11 is 0. The maximum absolute atomic E-state index is 12.5. The molecule has 2 aromatic heterocycles. The van der Waals surface area contributed by atoms with Crippen molar-refractivity contribution in [2.45, 2.75) is 31.4 Å². The van der Waals surface area contributed by atoms with Gasteiger partial charge >= 0.3 is 0 Å². The third-order valence-electron chi connectivity index (χ3n) is 5.42. The number of carbonyl (C=O) groups excluding carboxylic acids is 1. The number of pyridine rings is 1. The van der Waals surface area contributed by atoms with E-state index >= 15 is 0 Å². The van der Waals surface area contributed by atoms with Gasteiger partial charge in [-0.25, -0.2) is 4.98 Å². The molecule has 0 radical (unpaired) electrons. The van der Waals surface area contributed by atoms with E-state index in [1.165, 1.54) is 0 Å². The van der Waals surface area contributed by atoms with Crippen LogP contribution in [0.3, 0.4) is 0 Å². The summed E-state index contributed by atoms with van der Waals surface area (Å²) in [5.41, 5.74) is 0.321. The maximum Gasteiger partial charge on any atom is 0.253 e. The number of nitrogens with one attached hydrogen (secondary N) is 1. The zero-order chi connectivity index (χ0) is 16.6. The van der Waals surface area contributed by atoms with Gasteiger partial charge in [0.05, 0.1) is 11.7 Å². The average molecular weight is 327 g/mol. The summed E-state index contributed by atoms with van der Waals surface area (Å²) in [4.78, 5) is 16.9. The Hall–Kier alpha value is -2.18. The predicted molar refractivity (Wildman–Crippen MR) is 87.9 cm³/mol. The highest BCUT2D eigenvalue weighted by Gasteiger charge is 2.55. The van der Waals surface area contributed by atoms with Gasteiger partial charge < -0.3 is 19.7 Å². The van der Waals surface area contributed by atoms with Crippen molar-refractivity contribution in [2.24, 2.45) is 5.41 Å². The SMILES string of the molecule is O=C(N[C@@H]1C[C@@H](O)C12CCOCC2)c1ccc(-n2cccc2)nc1. The lowest BCUT2D eigenvalue weighted by molar-refractivity contribution is -0.145. The van der Waals surface area contributed by atoms with E-state index in [2.05, 4.69) is 10.3 Å². The number of aliphatic hydroxyl groups is 1. The van der Waals surface area contributed by atoms with Crippen LogP contribution in [-0.4, -0.2) is 45.9 Å². The fraction of sp³-hybridized carbons (Fsp3) is 0.444. The van der Waals surface area contributed by atoms with Crippen molar-refractivity contribution in [3.05, 3.63) is 48.4 Å². The lowest BCUT2D eigenvalue weighted by atomic mass is 9.58. The van der Waals surface area contributed by atoms with Crippen LogP contribution in [-0.2, 0) is 4.74 Å². The molecule has 2 aromatic rings. The van der Waals surface area contributed by atoms with Crippen LogP contribution < -0.4 is 5.32 Å². The minimum Gasteiger partial charge on any atom is -0.392 e. The summed E-state index contributed by atoms with van der Waals surface area (Å²) in [5, 5.41) is 13.3. The van der Waals surface area contributed by atoms with Gasteiger partial charge in [-0.2, -0.15) is 0 Å². The van der Waals surface area contributed by atoms with Crippen LogP contribution in [0.25, 0.3) is 5.82 Å². The molecule has 2 aliphatic rings. The molecule has 2 fully saturated rings. The highest BCUT2D eigenvalue weighted by atomic mass is 16.5. The van der Waals surface area contributed by atoms with Gasteiger partial charge in [-0.3, -0.25) is 4.79 Å². The van der Waals surface area contributed by atoms with Gasteiger partial charge in [-0.05, 0) is 43.5 Å². The number of ether oxygens (including phenoxy) is 1. The lowest BCUT2D eigenvalue weighted by Crippen LogP contribution is -2.65. The van der Waals surface area contributed by atoms with Gasteiger partial charge in [0.15, 0.2) is 0 Å². The summed E-state index contributed by atoms with van der Waals surface area (Å²) in [7, 11) is 0. The van der Waals surface area contributed by atoms with Crippen LogP contribution in [0.2, 0.25) is 0 Å². The lowest BCUT2D eigenvalue weighted by Gasteiger charge is -2.55. The minimum atomic E-state index is -0.346. The second-order valence-electron chi connectivity index (χ2n) is 6.62. The summed E-state index contributed by atoms with van der Waals surface area (Å²) in [5.74, 6) is 0.640. The van der Waals surface area contributed by atoms with Crippen LogP contribution in [0.4, 0.5) is 0 Å². The number of hydrogen-bond donors (Lipinski definition) is 2. The molecule has 1 amide bonds. The average Bonchev–Trinajstić information content (AvgIpc) is 3.17. The molecule has 2 atom stereocenters. The summed E-state index contributed by atoms with van der Waals surface area (Å²) in [6, 6.07) is 7.47. The molecule has 0 unspecified atom stereocenters. The first-order valence-corrected chi connectivity index (χ1v) is 8.35. The number of amides is 1. The number of aromatic nitrogens is 2. The molecule has 0 bridgehead atoms. The van der Waals surface area contributed by atoms with Crippen LogP contribution in [0, 0.1) is 5.41 Å². The molecule has 4 rings (SSSR count). The van der Waals surface area contributed by atoms with E-state index in [1.807, 2.05) is 35.2 Å². The standard InChI is InChI=1S/C18H21N3O3/c22-15-11-14(18(15)5-9-24-10-6-18)20-17(23)13-3-4-16(19-12-13)21-7-1-2-8-21/h1-4,7-8,12,14-15,22H,5-6,9-11H2,(H,20,23)/t14-,15-/m1/s1. The van der Waals surface area contributed by atoms with Crippen molar-refractivity contribution >= 4 is 5.91 Å². The number of aliphatic hydroxyl groups excluding tert-OH is 1. The van der Waals surface area contributed by atoms with E-state index in [4.69, 9.17) is 4.74 Å². The van der Waals surface area contributed by atoms with Gasteiger partial charge in [-0.1, -0.05) is 0 Å². The molecule has 1 saturated heterocycles. The van der Waals surface area contributed by atoms with Gasteiger partial charge in [0.2, 0.25) is 0 Å². The fourth-order valence-corrected chi connectivity index (χ4v) is 3.80. The van der Waals surface area contributed by atoms with Gasteiger partial charge in [0.1, 0.15) is 5.82 Å². The van der Waals surface area contributed by atoms with Gasteiger partial charge in [0, 0.05) is 43.3 Å². The Morgan fingerprint density at radius 1 is 1.29 bits per heavy atom. The van der Waals surface area contributed by atoms with Crippen LogP contribution in [0.5, 0.6) is 0 Å². The Bertz CT molecular complexity index is 706. The number of rotatable bonds is 3. The number of carbonyl (C=O) groups is 1. The monoisotopic (exact) mass is 327 g/mol. The van der Waals surface area contributed by atoms with Crippen molar-refractivity contribution in [1.29, 1.82) is 0 Å². The molecule has 0 aromatic carbocycles. The van der Waals surface area contributed by atoms with E-state index in [0.717, 1.165) is 18.7 Å². The summed E-state index contributed by atoms with van der Waals surface area (Å²) in [6.07, 6.45) is 7.27. The van der Waals surface area contributed by atoms with Crippen LogP contribution in [0.1, 0.15) is 29.6 Å². The second-order valence-corrected chi connectivity index (χ2v) is 6.62. The summed E-state index contributed by atoms with van der Waals surface area (Å²) in [6.45, 7) is 1.30. The molecule has 2 N–H and O–H groups in total. The Kier molecular flexibility index (Phi) is 3.86. The molecule has 1 spiro atoms. The normalized spacial score (nSPS) is 25.2. The molecule has 1 saturated carbocycles. The summed E-state index contributed by atoms with van der Waals surface area (Å²) < 4.78 is 7.29. The first-order valence-electron chi connectivity index (χ1n) is 8.35. The van der Waals surface area contributed by atoms with Crippen molar-refractivity contribution in [1.82, 2.24) is 14.9 Å². The molecular formula is C18H21N3O3. The van der Waals surface area contributed by atoms with Crippen molar-refractivity contribution in [3.63, 3.8) is 0 Å². The van der Waals surface area contributed by atoms with Crippen molar-refractivity contribution < 1.29 is 14.6 Å². The first-order chi connectivity index (χ1) is 11.7. The van der Waals surface area contributed by atoms with E-state index < -0.39 is 0 Å². The third-order valence-corrected chi connectivity index (χ3v) is 5.42. The van der Waals surface area contributed by atoms with Gasteiger partial charge in [0.25, 0.3) is 5.91 Å². The molecule has 6 nitrogen and oxygen atoms in total. The quantitative estimate of drug-likeness (QED) is 0.896. The predicted octanol–water partition coefficient (Wildman–Crippen LogP) is 1.53. The van der Waals surface area contributed by atoms with E-state index in [0.29, 0.717) is 25.2 Å². The Balaban J connectivity index is 1.45. The van der Waals surface area contributed by atoms with Crippen LogP contribution in [0.15, 0.2) is 42.9 Å². The first kappa shape index (κ1) is 15.4. The van der Waals surface area contributed by atoms with Crippen molar-refractivity contribution in [2.75, 3.05) is 13.2 Å². The third kappa shape index (κ3) is 2.52. The molecular weight excluding hydrogens is 306 g/mol. The van der Waals surface area contributed by atoms with Crippen molar-refractivity contribution in [3.8, 4) is 5.82 Å². The highest BCUT2D eigenvalue weighted by Crippen LogP contribution is 2.49. The maximum atomic E-state index is 12.5. The van der Waals surface area contributed by atoms with Gasteiger partial charge in [-0.15, -0.1) is 0 Å². The molecule has 126 valence electrons. The molecule has 24 heavy (non-hydrogen) atoms. The Morgan fingerprint density at radius 3 is 2.67 bits per heavy atom. The minimum absolute atomic E-state index is 0.00743. The van der Waals surface area contributed by atoms with E-state index in [1.54, 1.807) is 12.3 Å². The van der Waals surface area contributed by atoms with E-state index in [-0.39, 0.29) is 23.5 Å². The second kappa shape index (κ2) is 6.03. The topological polar surface area (TPSA) is 76.4 Å². The highest BCUT2D eigenvalue weighted by molar-refractivity contribution is 5.94. The molecule has 3 heterocycles. The largest absolute Gasteiger partial charge is 0.392 e. The molecule has 1 aliphatic carbocycles. The number of nitrogens with zero attached hydrogens (tertiary/aromatic N) is 2. The smallest absolute Gasteiger partial charge is 0.253 e. The zero-order valence-corrected chi connectivity index (χ0v) is 13.4. The Labute approximate surface area is 140 Å². The Morgan fingerprint density at radius 2 is 2.04 bits per heavy atom. The fourth-order valence-electron chi connectivity index (χ4n) is 3.80. The number of hydrogen-bond acceptors (Lipinski definition) is 4.